The van der Waals surface area contributed by atoms with Gasteiger partial charge < -0.3 is 10.2 Å². The minimum Gasteiger partial charge on any atom is -0.506 e. The number of aromatic hydroxyl groups is 1. The lowest BCUT2D eigenvalue weighted by molar-refractivity contribution is -0.136. The molecule has 0 bridgehead atoms. The third-order valence-corrected chi connectivity index (χ3v) is 6.58. The molecule has 5 nitrogen and oxygen atoms in total. The molecular formula is C18H12ClF4NO4S2. The van der Waals surface area contributed by atoms with Gasteiger partial charge in [0, 0.05) is 16.5 Å². The Morgan fingerprint density at radius 3 is 2.57 bits per heavy atom. The fraction of sp³-hybridized carbons (Fsp3) is 0.222. The van der Waals surface area contributed by atoms with E-state index in [1.807, 2.05) is 0 Å². The lowest BCUT2D eigenvalue weighted by Gasteiger charge is -2.12. The molecule has 0 aliphatic heterocycles. The van der Waals surface area contributed by atoms with Crippen molar-refractivity contribution in [3.8, 4) is 5.75 Å². The maximum Gasteiger partial charge on any atom is 0.358 e. The second-order valence-corrected chi connectivity index (χ2v) is 8.98. The lowest BCUT2D eigenvalue weighted by atomic mass is 10.1. The number of aliphatic carboxylic acids is 1. The van der Waals surface area contributed by atoms with Crippen LogP contribution < -0.4 is 0 Å². The predicted octanol–water partition coefficient (Wildman–Crippen LogP) is 5.64. The molecule has 0 aliphatic rings. The number of phenols is 1. The minimum atomic E-state index is -4.30. The fourth-order valence-corrected chi connectivity index (χ4v) is 4.89. The van der Waals surface area contributed by atoms with Crippen LogP contribution in [0.4, 0.5) is 17.6 Å². The zero-order valence-corrected chi connectivity index (χ0v) is 17.3. The molecular weight excluding hydrogens is 470 g/mol. The van der Waals surface area contributed by atoms with Gasteiger partial charge in [0.1, 0.15) is 5.75 Å². The standard InChI is InChI=1S/C18H12ClF4NO4S2/c1-7-9(4-14(26)27)10-3-13(25)11(19)5-12(10)24(7)16(28)8-2-15(29-6-8)30-18(22,23)17(20)21/h2-3,5-6,17,25H,4H2,1H3,(H,26,27). The molecule has 3 rings (SSSR count). The van der Waals surface area contributed by atoms with Crippen LogP contribution in [0.1, 0.15) is 21.6 Å². The van der Waals surface area contributed by atoms with Crippen molar-refractivity contribution in [1.29, 1.82) is 0 Å². The first-order valence-corrected chi connectivity index (χ1v) is 10.2. The third kappa shape index (κ3) is 4.14. The van der Waals surface area contributed by atoms with Crippen LogP contribution in [-0.4, -0.2) is 38.3 Å². The number of nitrogens with zero attached hydrogens (tertiary/aromatic N) is 1. The van der Waals surface area contributed by atoms with Gasteiger partial charge in [0.2, 0.25) is 0 Å². The number of thiophene rings is 1. The average Bonchev–Trinajstić information content (AvgIpc) is 3.18. The summed E-state index contributed by atoms with van der Waals surface area (Å²) >= 11 is 6.30. The number of alkyl halides is 4. The molecule has 0 radical (unpaired) electrons. The van der Waals surface area contributed by atoms with Crippen LogP contribution in [0.2, 0.25) is 5.02 Å². The summed E-state index contributed by atoms with van der Waals surface area (Å²) in [5.41, 5.74) is 0.706. The molecule has 2 heterocycles. The SMILES string of the molecule is Cc1c(CC(=O)O)c2cc(O)c(Cl)cc2n1C(=O)c1csc(SC(F)(F)C(F)F)c1. The first-order chi connectivity index (χ1) is 13.9. The highest BCUT2D eigenvalue weighted by molar-refractivity contribution is 8.02. The number of carboxylic acids is 1. The molecule has 2 N–H and O–H groups in total. The van der Waals surface area contributed by atoms with E-state index < -0.39 is 30.0 Å². The van der Waals surface area contributed by atoms with Gasteiger partial charge >= 0.3 is 17.6 Å². The Morgan fingerprint density at radius 2 is 1.97 bits per heavy atom. The number of carbonyl (C=O) groups is 2. The molecule has 0 unspecified atom stereocenters. The molecule has 12 heteroatoms. The summed E-state index contributed by atoms with van der Waals surface area (Å²) in [6.07, 6.45) is -4.30. The van der Waals surface area contributed by atoms with E-state index in [0.29, 0.717) is 16.7 Å². The van der Waals surface area contributed by atoms with E-state index in [4.69, 9.17) is 11.6 Å². The zero-order chi connectivity index (χ0) is 22.4. The summed E-state index contributed by atoms with van der Waals surface area (Å²) in [6, 6.07) is 3.60. The van der Waals surface area contributed by atoms with E-state index in [9.17, 15) is 37.4 Å². The van der Waals surface area contributed by atoms with Crippen LogP contribution in [-0.2, 0) is 11.2 Å². The number of fused-ring (bicyclic) bond motifs is 1. The molecule has 0 saturated heterocycles. The minimum absolute atomic E-state index is 0.0429. The highest BCUT2D eigenvalue weighted by Crippen LogP contribution is 2.43. The van der Waals surface area contributed by atoms with Gasteiger partial charge in [-0.3, -0.25) is 14.2 Å². The van der Waals surface area contributed by atoms with E-state index in [1.165, 1.54) is 24.4 Å². The Kier molecular flexibility index (Phi) is 6.08. The number of carbonyl (C=O) groups excluding carboxylic acids is 1. The molecule has 0 fully saturated rings. The molecule has 1 aromatic carbocycles. The first-order valence-electron chi connectivity index (χ1n) is 8.14. The Balaban J connectivity index is 2.09. The summed E-state index contributed by atoms with van der Waals surface area (Å²) in [7, 11) is 0. The van der Waals surface area contributed by atoms with E-state index >= 15 is 0 Å². The molecule has 0 aliphatic carbocycles. The van der Waals surface area contributed by atoms with Gasteiger partial charge in [-0.25, -0.2) is 8.78 Å². The fourth-order valence-electron chi connectivity index (χ4n) is 2.91. The number of phenolic OH excluding ortho intramolecular Hbond substituents is 1. The average molecular weight is 482 g/mol. The van der Waals surface area contributed by atoms with E-state index in [-0.39, 0.29) is 49.1 Å². The number of hydrogen-bond donors (Lipinski definition) is 2. The van der Waals surface area contributed by atoms with Crippen LogP contribution in [0, 0.1) is 6.92 Å². The quantitative estimate of drug-likeness (QED) is 0.352. The van der Waals surface area contributed by atoms with Crippen molar-refractivity contribution < 1.29 is 37.4 Å². The van der Waals surface area contributed by atoms with E-state index in [2.05, 4.69) is 0 Å². The Morgan fingerprint density at radius 1 is 1.30 bits per heavy atom. The van der Waals surface area contributed by atoms with Crippen molar-refractivity contribution in [2.45, 2.75) is 29.2 Å². The van der Waals surface area contributed by atoms with Gasteiger partial charge in [0.05, 0.1) is 26.7 Å². The molecule has 2 aromatic heterocycles. The van der Waals surface area contributed by atoms with Crippen LogP contribution >= 0.6 is 34.7 Å². The van der Waals surface area contributed by atoms with Gasteiger partial charge in [-0.2, -0.15) is 8.78 Å². The number of hydrogen-bond acceptors (Lipinski definition) is 5. The van der Waals surface area contributed by atoms with Crippen molar-refractivity contribution in [2.24, 2.45) is 0 Å². The number of thioether (sulfide) groups is 1. The van der Waals surface area contributed by atoms with Crippen LogP contribution in [0.25, 0.3) is 10.9 Å². The molecule has 0 saturated carbocycles. The lowest BCUT2D eigenvalue weighted by Crippen LogP contribution is -2.21. The molecule has 0 atom stereocenters. The van der Waals surface area contributed by atoms with Crippen LogP contribution in [0.15, 0.2) is 27.8 Å². The largest absolute Gasteiger partial charge is 0.506 e. The number of carboxylic acid groups (broad SMARTS) is 1. The molecule has 160 valence electrons. The normalized spacial score (nSPS) is 12.1. The maximum atomic E-state index is 13.3. The summed E-state index contributed by atoms with van der Waals surface area (Å²) in [5.74, 6) is -2.15. The van der Waals surface area contributed by atoms with Gasteiger partial charge in [-0.1, -0.05) is 11.6 Å². The van der Waals surface area contributed by atoms with Crippen molar-refractivity contribution in [1.82, 2.24) is 4.57 Å². The summed E-state index contributed by atoms with van der Waals surface area (Å²) < 4.78 is 52.4. The second kappa shape index (κ2) is 8.12. The smallest absolute Gasteiger partial charge is 0.358 e. The van der Waals surface area contributed by atoms with Crippen molar-refractivity contribution in [2.75, 3.05) is 0 Å². The summed E-state index contributed by atoms with van der Waals surface area (Å²) in [5, 5.41) is 16.2. The highest BCUT2D eigenvalue weighted by atomic mass is 35.5. The summed E-state index contributed by atoms with van der Waals surface area (Å²) in [6.45, 7) is 1.49. The van der Waals surface area contributed by atoms with Crippen molar-refractivity contribution in [3.05, 3.63) is 45.4 Å². The highest BCUT2D eigenvalue weighted by Gasteiger charge is 2.42. The van der Waals surface area contributed by atoms with Gasteiger partial charge in [-0.15, -0.1) is 11.3 Å². The van der Waals surface area contributed by atoms with Gasteiger partial charge in [0.15, 0.2) is 0 Å². The Bertz CT molecular complexity index is 1160. The predicted molar refractivity (Wildman–Crippen MR) is 106 cm³/mol. The molecule has 0 amide bonds. The maximum absolute atomic E-state index is 13.3. The molecule has 0 spiro atoms. The number of benzene rings is 1. The van der Waals surface area contributed by atoms with Crippen molar-refractivity contribution in [3.63, 3.8) is 0 Å². The molecule has 3 aromatic rings. The number of rotatable bonds is 6. The van der Waals surface area contributed by atoms with Gasteiger partial charge in [0.25, 0.3) is 5.91 Å². The van der Waals surface area contributed by atoms with Crippen molar-refractivity contribution >= 4 is 57.5 Å². The number of halogens is 5. The number of aromatic nitrogens is 1. The topological polar surface area (TPSA) is 79.5 Å². The Hall–Kier alpha value is -2.24. The first kappa shape index (κ1) is 22.4. The van der Waals surface area contributed by atoms with E-state index in [1.54, 1.807) is 0 Å². The zero-order valence-electron chi connectivity index (χ0n) is 15.0. The Labute approximate surface area is 179 Å². The monoisotopic (exact) mass is 481 g/mol. The third-order valence-electron chi connectivity index (χ3n) is 4.25. The van der Waals surface area contributed by atoms with E-state index in [0.717, 1.165) is 10.6 Å². The second-order valence-electron chi connectivity index (χ2n) is 6.21. The summed E-state index contributed by atoms with van der Waals surface area (Å²) in [4.78, 5) is 24.3. The van der Waals surface area contributed by atoms with Gasteiger partial charge in [-0.05, 0) is 42.4 Å². The van der Waals surface area contributed by atoms with Crippen LogP contribution in [0.3, 0.4) is 0 Å². The molecule has 30 heavy (non-hydrogen) atoms. The van der Waals surface area contributed by atoms with Crippen LogP contribution in [0.5, 0.6) is 5.75 Å².